The average molecular weight is 304 g/mol. The molecular weight excluding hydrogens is 274 g/mol. The third kappa shape index (κ3) is 5.30. The predicted molar refractivity (Wildman–Crippen MR) is 80.8 cm³/mol. The van der Waals surface area contributed by atoms with Gasteiger partial charge in [0, 0.05) is 11.9 Å². The molecule has 0 aromatic carbocycles. The molecule has 2 heteroatoms. The fourth-order valence-electron chi connectivity index (χ4n) is 2.83. The van der Waals surface area contributed by atoms with E-state index >= 15 is 0 Å². The van der Waals surface area contributed by atoms with Crippen LogP contribution in [0.1, 0.15) is 53.9 Å². The normalized spacial score (nSPS) is 24.7. The Morgan fingerprint density at radius 3 is 2.24 bits per heavy atom. The van der Waals surface area contributed by atoms with Crippen LogP contribution in [0.25, 0.3) is 0 Å². The third-order valence-corrected chi connectivity index (χ3v) is 5.58. The summed E-state index contributed by atoms with van der Waals surface area (Å²) < 4.78 is 0. The van der Waals surface area contributed by atoms with Gasteiger partial charge < -0.3 is 4.90 Å². The van der Waals surface area contributed by atoms with Crippen molar-refractivity contribution in [3.05, 3.63) is 0 Å². The summed E-state index contributed by atoms with van der Waals surface area (Å²) in [5.74, 6) is 0.902. The molecule has 1 rings (SSSR count). The maximum atomic E-state index is 3.63. The van der Waals surface area contributed by atoms with E-state index in [0.29, 0.717) is 10.8 Å². The lowest BCUT2D eigenvalue weighted by molar-refractivity contribution is 0.183. The zero-order valence-corrected chi connectivity index (χ0v) is 13.9. The molecule has 0 aromatic heterocycles. The summed E-state index contributed by atoms with van der Waals surface area (Å²) in [6.45, 7) is 15.7. The number of nitrogens with zero attached hydrogens (tertiary/aromatic N) is 1. The number of hydrogen-bond donors (Lipinski definition) is 0. The highest BCUT2D eigenvalue weighted by Crippen LogP contribution is 2.34. The molecule has 1 heterocycles. The molecule has 1 saturated heterocycles. The predicted octanol–water partition coefficient (Wildman–Crippen LogP) is 4.56. The zero-order chi connectivity index (χ0) is 13.1. The van der Waals surface area contributed by atoms with Crippen LogP contribution in [0, 0.1) is 16.7 Å². The van der Waals surface area contributed by atoms with Crippen molar-refractivity contribution in [3.63, 3.8) is 0 Å². The lowest BCUT2D eigenvalue weighted by atomic mass is 9.77. The summed E-state index contributed by atoms with van der Waals surface area (Å²) >= 11 is 3.63. The minimum atomic E-state index is 0.404. The fourth-order valence-corrected chi connectivity index (χ4v) is 3.00. The Bertz CT molecular complexity index is 230. The second-order valence-electron chi connectivity index (χ2n) is 7.57. The lowest BCUT2D eigenvalue weighted by Crippen LogP contribution is -2.36. The van der Waals surface area contributed by atoms with Gasteiger partial charge in [-0.1, -0.05) is 50.5 Å². The van der Waals surface area contributed by atoms with Crippen LogP contribution in [-0.4, -0.2) is 29.9 Å². The highest BCUT2D eigenvalue weighted by molar-refractivity contribution is 9.09. The summed E-state index contributed by atoms with van der Waals surface area (Å²) in [5.41, 5.74) is 0.891. The summed E-state index contributed by atoms with van der Waals surface area (Å²) in [4.78, 5) is 2.67. The van der Waals surface area contributed by atoms with Crippen LogP contribution in [0.4, 0.5) is 0 Å². The standard InChI is InChI=1S/C15H30BrN/c1-14(2,3)13-7-6-9-17(10-8-13)12-15(4,5)11-16/h13H,6-12H2,1-5H3. The quantitative estimate of drug-likeness (QED) is 0.691. The van der Waals surface area contributed by atoms with Crippen molar-refractivity contribution in [3.8, 4) is 0 Å². The molecule has 1 atom stereocenters. The molecule has 102 valence electrons. The Hall–Kier alpha value is 0.440. The van der Waals surface area contributed by atoms with Crippen molar-refractivity contribution in [2.75, 3.05) is 25.0 Å². The average Bonchev–Trinajstić information content (AvgIpc) is 2.42. The van der Waals surface area contributed by atoms with Crippen molar-refractivity contribution in [2.24, 2.45) is 16.7 Å². The number of halogens is 1. The molecule has 1 fully saturated rings. The molecule has 0 N–H and O–H groups in total. The summed E-state index contributed by atoms with van der Waals surface area (Å²) in [6, 6.07) is 0. The van der Waals surface area contributed by atoms with Gasteiger partial charge in [0.2, 0.25) is 0 Å². The molecule has 0 radical (unpaired) electrons. The van der Waals surface area contributed by atoms with E-state index in [1.165, 1.54) is 38.9 Å². The van der Waals surface area contributed by atoms with Crippen LogP contribution in [0.5, 0.6) is 0 Å². The molecular formula is C15H30BrN. The van der Waals surface area contributed by atoms with Crippen LogP contribution in [0.2, 0.25) is 0 Å². The van der Waals surface area contributed by atoms with E-state index < -0.39 is 0 Å². The molecule has 17 heavy (non-hydrogen) atoms. The highest BCUT2D eigenvalue weighted by atomic mass is 79.9. The first-order valence-corrected chi connectivity index (χ1v) is 8.15. The van der Waals surface area contributed by atoms with Gasteiger partial charge in [-0.3, -0.25) is 0 Å². The minimum absolute atomic E-state index is 0.404. The van der Waals surface area contributed by atoms with Crippen molar-refractivity contribution in [1.82, 2.24) is 4.90 Å². The van der Waals surface area contributed by atoms with Gasteiger partial charge in [0.05, 0.1) is 0 Å². The molecule has 0 amide bonds. The van der Waals surface area contributed by atoms with E-state index in [9.17, 15) is 0 Å². The molecule has 1 aliphatic rings. The van der Waals surface area contributed by atoms with Gasteiger partial charge in [-0.15, -0.1) is 0 Å². The first-order valence-electron chi connectivity index (χ1n) is 7.03. The van der Waals surface area contributed by atoms with Gasteiger partial charge in [0.15, 0.2) is 0 Å². The van der Waals surface area contributed by atoms with Crippen molar-refractivity contribution < 1.29 is 0 Å². The van der Waals surface area contributed by atoms with E-state index in [1.54, 1.807) is 0 Å². The summed E-state index contributed by atoms with van der Waals surface area (Å²) in [6.07, 6.45) is 4.16. The van der Waals surface area contributed by atoms with Crippen LogP contribution in [0.15, 0.2) is 0 Å². The number of alkyl halides is 1. The van der Waals surface area contributed by atoms with Gasteiger partial charge in [-0.2, -0.15) is 0 Å². The van der Waals surface area contributed by atoms with Crippen LogP contribution in [-0.2, 0) is 0 Å². The van der Waals surface area contributed by atoms with E-state index in [1.807, 2.05) is 0 Å². The Morgan fingerprint density at radius 2 is 1.71 bits per heavy atom. The maximum Gasteiger partial charge on any atom is 0.00949 e. The Balaban J connectivity index is 2.48. The fraction of sp³-hybridized carbons (Fsp3) is 1.00. The molecule has 0 aliphatic carbocycles. The Morgan fingerprint density at radius 1 is 1.06 bits per heavy atom. The zero-order valence-electron chi connectivity index (χ0n) is 12.4. The van der Waals surface area contributed by atoms with E-state index in [4.69, 9.17) is 0 Å². The summed E-state index contributed by atoms with van der Waals surface area (Å²) in [7, 11) is 0. The Labute approximate surface area is 116 Å². The largest absolute Gasteiger partial charge is 0.303 e. The van der Waals surface area contributed by atoms with Gasteiger partial charge >= 0.3 is 0 Å². The molecule has 0 aromatic rings. The topological polar surface area (TPSA) is 3.24 Å². The van der Waals surface area contributed by atoms with Gasteiger partial charge in [0.25, 0.3) is 0 Å². The van der Waals surface area contributed by atoms with Crippen molar-refractivity contribution >= 4 is 15.9 Å². The van der Waals surface area contributed by atoms with Gasteiger partial charge in [-0.25, -0.2) is 0 Å². The van der Waals surface area contributed by atoms with Gasteiger partial charge in [0.1, 0.15) is 0 Å². The molecule has 0 bridgehead atoms. The second-order valence-corrected chi connectivity index (χ2v) is 8.13. The third-order valence-electron chi connectivity index (χ3n) is 4.06. The molecule has 1 aliphatic heterocycles. The first kappa shape index (κ1) is 15.5. The van der Waals surface area contributed by atoms with Crippen LogP contribution in [0.3, 0.4) is 0 Å². The number of rotatable bonds is 3. The summed E-state index contributed by atoms with van der Waals surface area (Å²) in [5, 5.41) is 1.10. The number of likely N-dealkylation sites (tertiary alicyclic amines) is 1. The number of hydrogen-bond acceptors (Lipinski definition) is 1. The van der Waals surface area contributed by atoms with E-state index in [0.717, 1.165) is 11.2 Å². The molecule has 1 unspecified atom stereocenters. The smallest absolute Gasteiger partial charge is 0.00949 e. The molecule has 0 spiro atoms. The van der Waals surface area contributed by atoms with Crippen LogP contribution >= 0.6 is 15.9 Å². The SMILES string of the molecule is CC(C)(CBr)CN1CCCC(C(C)(C)C)CC1. The Kier molecular flexibility index (Phi) is 5.52. The lowest BCUT2D eigenvalue weighted by Gasteiger charge is -2.32. The van der Waals surface area contributed by atoms with Crippen molar-refractivity contribution in [2.45, 2.75) is 53.9 Å². The van der Waals surface area contributed by atoms with Gasteiger partial charge in [-0.05, 0) is 49.1 Å². The second kappa shape index (κ2) is 6.06. The van der Waals surface area contributed by atoms with E-state index in [-0.39, 0.29) is 0 Å². The molecule has 1 nitrogen and oxygen atoms in total. The monoisotopic (exact) mass is 303 g/mol. The highest BCUT2D eigenvalue weighted by Gasteiger charge is 2.28. The van der Waals surface area contributed by atoms with E-state index in [2.05, 4.69) is 55.4 Å². The first-order chi connectivity index (χ1) is 7.74. The minimum Gasteiger partial charge on any atom is -0.303 e. The molecule has 0 saturated carbocycles. The van der Waals surface area contributed by atoms with Crippen LogP contribution < -0.4 is 0 Å². The maximum absolute atomic E-state index is 3.63. The van der Waals surface area contributed by atoms with Crippen molar-refractivity contribution in [1.29, 1.82) is 0 Å².